The van der Waals surface area contributed by atoms with Gasteiger partial charge in [-0.2, -0.15) is 0 Å². The molecule has 1 aromatic heterocycles. The number of ether oxygens (including phenoxy) is 1. The maximum absolute atomic E-state index is 13.4. The molecule has 2 N–H and O–H groups in total. The number of carbonyl (C=O) groups excluding carboxylic acids is 1. The summed E-state index contributed by atoms with van der Waals surface area (Å²) in [7, 11) is 0. The van der Waals surface area contributed by atoms with Gasteiger partial charge in [0.2, 0.25) is 0 Å². The van der Waals surface area contributed by atoms with Gasteiger partial charge in [-0.15, -0.1) is 0 Å². The van der Waals surface area contributed by atoms with Crippen LogP contribution in [0.1, 0.15) is 48.2 Å². The number of likely N-dealkylation sites (tertiary alicyclic amines) is 1. The van der Waals surface area contributed by atoms with E-state index in [2.05, 4.69) is 71.2 Å². The summed E-state index contributed by atoms with van der Waals surface area (Å²) in [6.07, 6.45) is 2.53. The normalized spacial score (nSPS) is 17.6. The van der Waals surface area contributed by atoms with Crippen LogP contribution in [0.2, 0.25) is 0 Å². The number of anilines is 2. The van der Waals surface area contributed by atoms with Gasteiger partial charge in [-0.1, -0.05) is 18.2 Å². The minimum absolute atomic E-state index is 0.154. The summed E-state index contributed by atoms with van der Waals surface area (Å²) < 4.78 is 5.88. The fourth-order valence-electron chi connectivity index (χ4n) is 5.83. The zero-order valence-corrected chi connectivity index (χ0v) is 23.1. The molecule has 0 unspecified atom stereocenters. The number of aromatic amines is 1. The van der Waals surface area contributed by atoms with Crippen molar-refractivity contribution >= 4 is 28.3 Å². The van der Waals surface area contributed by atoms with Crippen LogP contribution in [0.4, 0.5) is 11.4 Å². The predicted octanol–water partition coefficient (Wildman–Crippen LogP) is 6.00. The number of rotatable bonds is 6. The maximum atomic E-state index is 13.4. The minimum Gasteiger partial charge on any atom is -0.372 e. The van der Waals surface area contributed by atoms with Crippen molar-refractivity contribution in [2.45, 2.75) is 45.8 Å². The van der Waals surface area contributed by atoms with Crippen LogP contribution in [-0.4, -0.2) is 59.2 Å². The Bertz CT molecular complexity index is 1500. The van der Waals surface area contributed by atoms with Gasteiger partial charge in [0.25, 0.3) is 5.91 Å². The molecule has 0 radical (unpaired) electrons. The summed E-state index contributed by atoms with van der Waals surface area (Å²) >= 11 is 0. The van der Waals surface area contributed by atoms with Crippen molar-refractivity contribution in [3.8, 4) is 11.4 Å². The molecule has 0 spiro atoms. The second-order valence-corrected chi connectivity index (χ2v) is 11.5. The van der Waals surface area contributed by atoms with E-state index >= 15 is 0 Å². The van der Waals surface area contributed by atoms with Crippen LogP contribution in [0.3, 0.4) is 0 Å². The molecular formula is C32H37N5O2. The highest BCUT2D eigenvalue weighted by molar-refractivity contribution is 6.11. The van der Waals surface area contributed by atoms with Gasteiger partial charge in [-0.05, 0) is 100 Å². The Morgan fingerprint density at radius 1 is 1.05 bits per heavy atom. The average Bonchev–Trinajstić information content (AvgIpc) is 3.58. The van der Waals surface area contributed by atoms with Crippen LogP contribution in [0.25, 0.3) is 22.4 Å². The van der Waals surface area contributed by atoms with E-state index in [0.717, 1.165) is 67.5 Å². The van der Waals surface area contributed by atoms with Gasteiger partial charge >= 0.3 is 0 Å². The lowest BCUT2D eigenvalue weighted by molar-refractivity contribution is -0.0276. The van der Waals surface area contributed by atoms with Crippen molar-refractivity contribution in [3.05, 3.63) is 77.4 Å². The lowest BCUT2D eigenvalue weighted by Crippen LogP contribution is -2.48. The zero-order valence-electron chi connectivity index (χ0n) is 23.1. The number of benzene rings is 3. The third-order valence-corrected chi connectivity index (χ3v) is 7.80. The van der Waals surface area contributed by atoms with E-state index in [4.69, 9.17) is 9.72 Å². The number of para-hydroxylation sites is 1. The molecule has 0 atom stereocenters. The van der Waals surface area contributed by atoms with Crippen LogP contribution in [0.15, 0.2) is 60.7 Å². The second kappa shape index (κ2) is 10.5. The number of hydrogen-bond donors (Lipinski definition) is 2. The Hall–Kier alpha value is -3.68. The zero-order chi connectivity index (χ0) is 27.0. The standard InChI is InChI=1S/C32H37N5O2/c1-22-18-25(37-16-17-39-32(2,3)21-37)12-13-26(22)30-34-28-11-7-10-27(29(28)35-30)31(38)33-24-9-6-8-23(19-24)20-36-14-4-5-15-36/h6-13,18-19H,4-5,14-17,20-21H2,1-3H3,(H,33,38)(H,34,35). The molecule has 2 aliphatic rings. The molecule has 7 heteroatoms. The number of fused-ring (bicyclic) bond motifs is 1. The molecule has 0 saturated carbocycles. The molecule has 3 heterocycles. The fraction of sp³-hybridized carbons (Fsp3) is 0.375. The first-order valence-corrected chi connectivity index (χ1v) is 14.0. The minimum atomic E-state index is -0.157. The van der Waals surface area contributed by atoms with Gasteiger partial charge in [-0.3, -0.25) is 9.69 Å². The van der Waals surface area contributed by atoms with E-state index in [0.29, 0.717) is 11.1 Å². The van der Waals surface area contributed by atoms with E-state index < -0.39 is 0 Å². The van der Waals surface area contributed by atoms with Gasteiger partial charge in [0.15, 0.2) is 0 Å². The fourth-order valence-corrected chi connectivity index (χ4v) is 5.83. The van der Waals surface area contributed by atoms with Crippen molar-refractivity contribution in [1.29, 1.82) is 0 Å². The maximum Gasteiger partial charge on any atom is 0.257 e. The molecule has 39 heavy (non-hydrogen) atoms. The average molecular weight is 524 g/mol. The second-order valence-electron chi connectivity index (χ2n) is 11.5. The van der Waals surface area contributed by atoms with Crippen LogP contribution in [0, 0.1) is 6.92 Å². The van der Waals surface area contributed by atoms with Gasteiger partial charge < -0.3 is 19.9 Å². The van der Waals surface area contributed by atoms with Crippen molar-refractivity contribution in [1.82, 2.24) is 14.9 Å². The number of imidazole rings is 1. The summed E-state index contributed by atoms with van der Waals surface area (Å²) in [6.45, 7) is 12.1. The summed E-state index contributed by atoms with van der Waals surface area (Å²) in [5.41, 5.74) is 7.31. The predicted molar refractivity (Wildman–Crippen MR) is 157 cm³/mol. The van der Waals surface area contributed by atoms with Crippen LogP contribution < -0.4 is 10.2 Å². The van der Waals surface area contributed by atoms with E-state index in [1.165, 1.54) is 24.1 Å². The molecule has 7 nitrogen and oxygen atoms in total. The highest BCUT2D eigenvalue weighted by Crippen LogP contribution is 2.30. The van der Waals surface area contributed by atoms with Crippen LogP contribution >= 0.6 is 0 Å². The topological polar surface area (TPSA) is 73.5 Å². The van der Waals surface area contributed by atoms with Crippen LogP contribution in [0.5, 0.6) is 0 Å². The largest absolute Gasteiger partial charge is 0.372 e. The number of H-pyrrole nitrogens is 1. The lowest BCUT2D eigenvalue weighted by Gasteiger charge is -2.39. The van der Waals surface area contributed by atoms with Gasteiger partial charge in [0, 0.05) is 36.6 Å². The quantitative estimate of drug-likeness (QED) is 0.324. The Labute approximate surface area is 230 Å². The monoisotopic (exact) mass is 523 g/mol. The number of morpholine rings is 1. The number of nitrogens with one attached hydrogen (secondary N) is 2. The van der Waals surface area contributed by atoms with E-state index in [1.807, 2.05) is 30.3 Å². The number of carbonyl (C=O) groups is 1. The highest BCUT2D eigenvalue weighted by atomic mass is 16.5. The number of nitrogens with zero attached hydrogens (tertiary/aromatic N) is 3. The summed E-state index contributed by atoms with van der Waals surface area (Å²) in [5.74, 6) is 0.614. The Morgan fingerprint density at radius 2 is 1.87 bits per heavy atom. The van der Waals surface area contributed by atoms with Crippen molar-refractivity contribution in [2.24, 2.45) is 0 Å². The number of aromatic nitrogens is 2. The Balaban J connectivity index is 1.23. The first-order chi connectivity index (χ1) is 18.8. The molecule has 202 valence electrons. The lowest BCUT2D eigenvalue weighted by atomic mass is 10.0. The first kappa shape index (κ1) is 25.6. The van der Waals surface area contributed by atoms with Gasteiger partial charge in [0.1, 0.15) is 11.3 Å². The Morgan fingerprint density at radius 3 is 2.67 bits per heavy atom. The third kappa shape index (κ3) is 5.56. The van der Waals surface area contributed by atoms with E-state index in [1.54, 1.807) is 0 Å². The van der Waals surface area contributed by atoms with Gasteiger partial charge in [-0.25, -0.2) is 4.98 Å². The van der Waals surface area contributed by atoms with E-state index in [9.17, 15) is 4.79 Å². The van der Waals surface area contributed by atoms with Gasteiger partial charge in [0.05, 0.1) is 23.3 Å². The summed E-state index contributed by atoms with van der Waals surface area (Å²) in [6, 6.07) is 20.4. The number of amides is 1. The SMILES string of the molecule is Cc1cc(N2CCOC(C)(C)C2)ccc1-c1nc2c(C(=O)Nc3cccc(CN4CCCC4)c3)cccc2[nH]1. The number of hydrogen-bond acceptors (Lipinski definition) is 5. The molecule has 6 rings (SSSR count). The highest BCUT2D eigenvalue weighted by Gasteiger charge is 2.27. The van der Waals surface area contributed by atoms with Crippen LogP contribution in [-0.2, 0) is 11.3 Å². The molecule has 1 amide bonds. The molecule has 3 aromatic carbocycles. The summed E-state index contributed by atoms with van der Waals surface area (Å²) in [5, 5.41) is 3.10. The van der Waals surface area contributed by atoms with Crippen molar-refractivity contribution in [3.63, 3.8) is 0 Å². The molecule has 2 saturated heterocycles. The third-order valence-electron chi connectivity index (χ3n) is 7.80. The number of aryl methyl sites for hydroxylation is 1. The molecule has 2 fully saturated rings. The molecule has 0 aliphatic carbocycles. The van der Waals surface area contributed by atoms with E-state index in [-0.39, 0.29) is 11.5 Å². The first-order valence-electron chi connectivity index (χ1n) is 14.0. The summed E-state index contributed by atoms with van der Waals surface area (Å²) in [4.78, 5) is 26.6. The molecular weight excluding hydrogens is 486 g/mol. The molecule has 4 aromatic rings. The van der Waals surface area contributed by atoms with Crippen molar-refractivity contribution < 1.29 is 9.53 Å². The Kier molecular flexibility index (Phi) is 6.87. The molecule has 0 bridgehead atoms. The molecule has 2 aliphatic heterocycles. The smallest absolute Gasteiger partial charge is 0.257 e. The van der Waals surface area contributed by atoms with Crippen molar-refractivity contribution in [2.75, 3.05) is 43.0 Å².